The number of hydrogen-bond acceptors (Lipinski definition) is 4. The maximum absolute atomic E-state index is 13.4. The van der Waals surface area contributed by atoms with E-state index in [1.807, 2.05) is 19.9 Å². The van der Waals surface area contributed by atoms with Crippen LogP contribution < -0.4 is 14.8 Å². The second-order valence-electron chi connectivity index (χ2n) is 8.77. The molecule has 0 radical (unpaired) electrons. The highest BCUT2D eigenvalue weighted by Gasteiger charge is 2.22. The maximum Gasteiger partial charge on any atom is 0.257 e. The zero-order chi connectivity index (χ0) is 25.2. The number of ether oxygens (including phenoxy) is 2. The predicted molar refractivity (Wildman–Crippen MR) is 135 cm³/mol. The van der Waals surface area contributed by atoms with E-state index in [1.165, 1.54) is 24.7 Å². The van der Waals surface area contributed by atoms with Crippen LogP contribution in [0, 0.1) is 13.8 Å². The fraction of sp³-hybridized carbons (Fsp3) is 0.333. The molecule has 7 nitrogen and oxygen atoms in total. The van der Waals surface area contributed by atoms with Crippen LogP contribution in [-0.2, 0) is 0 Å². The van der Waals surface area contributed by atoms with Gasteiger partial charge in [-0.1, -0.05) is 26.0 Å². The lowest BCUT2D eigenvalue weighted by molar-refractivity contribution is 0.0828. The lowest BCUT2D eigenvalue weighted by Gasteiger charge is -2.18. The van der Waals surface area contributed by atoms with Crippen LogP contribution in [0.4, 0.5) is 5.69 Å². The monoisotopic (exact) mass is 463 g/mol. The van der Waals surface area contributed by atoms with Crippen molar-refractivity contribution in [2.75, 3.05) is 33.6 Å². The third kappa shape index (κ3) is 4.78. The molecule has 0 bridgehead atoms. The van der Waals surface area contributed by atoms with Crippen LogP contribution in [-0.4, -0.2) is 49.6 Å². The number of nitrogens with zero attached hydrogens (tertiary/aromatic N) is 2. The molecule has 0 saturated heterocycles. The number of rotatable bonds is 7. The highest BCUT2D eigenvalue weighted by Crippen LogP contribution is 2.34. The predicted octanol–water partition coefficient (Wildman–Crippen LogP) is 5.19. The average Bonchev–Trinajstić information content (AvgIpc) is 3.11. The summed E-state index contributed by atoms with van der Waals surface area (Å²) in [4.78, 5) is 27.6. The molecule has 0 fully saturated rings. The molecule has 0 aliphatic carbocycles. The molecule has 3 rings (SSSR count). The fourth-order valence-corrected chi connectivity index (χ4v) is 3.99. The van der Waals surface area contributed by atoms with E-state index in [9.17, 15) is 9.59 Å². The van der Waals surface area contributed by atoms with Crippen LogP contribution >= 0.6 is 0 Å². The van der Waals surface area contributed by atoms with E-state index in [-0.39, 0.29) is 11.8 Å². The summed E-state index contributed by atoms with van der Waals surface area (Å²) in [5.41, 5.74) is 5.21. The van der Waals surface area contributed by atoms with E-state index in [0.717, 1.165) is 17.1 Å². The minimum absolute atomic E-state index is 0.257. The second-order valence-corrected chi connectivity index (χ2v) is 8.77. The standard InChI is InChI=1S/C27H33N3O4/c1-16(2)19-9-11-20(12-10-19)30-17(3)13-21(18(30)4)26(31)28-23-15-25(34-8)24(33-7)14-22(23)27(32)29(5)6/h9-16H,1-8H3,(H,28,31). The molecular weight excluding hydrogens is 430 g/mol. The van der Waals surface area contributed by atoms with Crippen molar-refractivity contribution in [3.8, 4) is 17.2 Å². The summed E-state index contributed by atoms with van der Waals surface area (Å²) in [7, 11) is 6.32. The van der Waals surface area contributed by atoms with Gasteiger partial charge in [-0.15, -0.1) is 0 Å². The summed E-state index contributed by atoms with van der Waals surface area (Å²) >= 11 is 0. The number of nitrogens with one attached hydrogen (secondary N) is 1. The first kappa shape index (κ1) is 24.9. The van der Waals surface area contributed by atoms with Gasteiger partial charge in [0, 0.05) is 37.2 Å². The quantitative estimate of drug-likeness (QED) is 0.523. The largest absolute Gasteiger partial charge is 0.493 e. The van der Waals surface area contributed by atoms with Crippen molar-refractivity contribution in [1.82, 2.24) is 9.47 Å². The van der Waals surface area contributed by atoms with E-state index >= 15 is 0 Å². The van der Waals surface area contributed by atoms with E-state index in [0.29, 0.717) is 34.2 Å². The van der Waals surface area contributed by atoms with Crippen molar-refractivity contribution in [1.29, 1.82) is 0 Å². The summed E-state index contributed by atoms with van der Waals surface area (Å²) in [5.74, 6) is 0.713. The smallest absolute Gasteiger partial charge is 0.257 e. The number of hydrogen-bond donors (Lipinski definition) is 1. The number of carbonyl (C=O) groups is 2. The SMILES string of the molecule is COc1cc(NC(=O)c2cc(C)n(-c3ccc(C(C)C)cc3)c2C)c(C(=O)N(C)C)cc1OC. The van der Waals surface area contributed by atoms with Crippen molar-refractivity contribution in [3.63, 3.8) is 0 Å². The number of benzene rings is 2. The van der Waals surface area contributed by atoms with Gasteiger partial charge in [-0.2, -0.15) is 0 Å². The Balaban J connectivity index is 2.00. The first-order valence-corrected chi connectivity index (χ1v) is 11.2. The Kier molecular flexibility index (Phi) is 7.35. The van der Waals surface area contributed by atoms with Crippen molar-refractivity contribution in [2.24, 2.45) is 0 Å². The molecule has 0 atom stereocenters. The Labute approximate surface area is 201 Å². The van der Waals surface area contributed by atoms with Crippen LogP contribution in [0.2, 0.25) is 0 Å². The third-order valence-corrected chi connectivity index (χ3v) is 5.90. The van der Waals surface area contributed by atoms with Crippen molar-refractivity contribution in [2.45, 2.75) is 33.6 Å². The van der Waals surface area contributed by atoms with Crippen LogP contribution in [0.25, 0.3) is 5.69 Å². The summed E-state index contributed by atoms with van der Waals surface area (Å²) in [6.45, 7) is 8.20. The molecule has 0 aliphatic heterocycles. The van der Waals surface area contributed by atoms with Gasteiger partial charge in [0.1, 0.15) is 0 Å². The van der Waals surface area contributed by atoms with Gasteiger partial charge in [0.15, 0.2) is 11.5 Å². The highest BCUT2D eigenvalue weighted by molar-refractivity contribution is 6.10. The molecule has 180 valence electrons. The molecule has 1 N–H and O–H groups in total. The summed E-state index contributed by atoms with van der Waals surface area (Å²) < 4.78 is 12.8. The van der Waals surface area contributed by atoms with Gasteiger partial charge in [0.2, 0.25) is 0 Å². The van der Waals surface area contributed by atoms with Gasteiger partial charge in [0.25, 0.3) is 11.8 Å². The molecular formula is C27H33N3O4. The highest BCUT2D eigenvalue weighted by atomic mass is 16.5. The average molecular weight is 464 g/mol. The maximum atomic E-state index is 13.4. The first-order chi connectivity index (χ1) is 16.1. The summed E-state index contributed by atoms with van der Waals surface area (Å²) in [5, 5.41) is 2.91. The van der Waals surface area contributed by atoms with Crippen LogP contribution in [0.3, 0.4) is 0 Å². The molecule has 7 heteroatoms. The minimum atomic E-state index is -0.307. The Bertz CT molecular complexity index is 1210. The Hall–Kier alpha value is -3.74. The van der Waals surface area contributed by atoms with Gasteiger partial charge < -0.3 is 24.3 Å². The Morgan fingerprint density at radius 1 is 0.912 bits per heavy atom. The Morgan fingerprint density at radius 2 is 1.50 bits per heavy atom. The van der Waals surface area contributed by atoms with Crippen LogP contribution in [0.5, 0.6) is 11.5 Å². The van der Waals surface area contributed by atoms with Crippen LogP contribution in [0.1, 0.15) is 57.4 Å². The lowest BCUT2D eigenvalue weighted by atomic mass is 10.0. The summed E-state index contributed by atoms with van der Waals surface area (Å²) in [6, 6.07) is 13.4. The first-order valence-electron chi connectivity index (χ1n) is 11.2. The van der Waals surface area contributed by atoms with Gasteiger partial charge >= 0.3 is 0 Å². The zero-order valence-electron chi connectivity index (χ0n) is 21.1. The van der Waals surface area contributed by atoms with Crippen molar-refractivity contribution < 1.29 is 19.1 Å². The van der Waals surface area contributed by atoms with Gasteiger partial charge in [-0.25, -0.2) is 0 Å². The van der Waals surface area contributed by atoms with E-state index in [4.69, 9.17) is 9.47 Å². The molecule has 2 amide bonds. The molecule has 0 aliphatic rings. The van der Waals surface area contributed by atoms with Gasteiger partial charge in [0.05, 0.1) is 31.0 Å². The number of aryl methyl sites for hydroxylation is 1. The number of carbonyl (C=O) groups excluding carboxylic acids is 2. The molecule has 0 saturated carbocycles. The lowest BCUT2D eigenvalue weighted by Crippen LogP contribution is -2.24. The molecule has 2 aromatic carbocycles. The second kappa shape index (κ2) is 10.0. The van der Waals surface area contributed by atoms with E-state index < -0.39 is 0 Å². The van der Waals surface area contributed by atoms with E-state index in [1.54, 1.807) is 26.2 Å². The molecule has 34 heavy (non-hydrogen) atoms. The minimum Gasteiger partial charge on any atom is -0.493 e. The van der Waals surface area contributed by atoms with Crippen molar-refractivity contribution >= 4 is 17.5 Å². The molecule has 0 unspecified atom stereocenters. The zero-order valence-corrected chi connectivity index (χ0v) is 21.1. The number of amides is 2. The van der Waals surface area contributed by atoms with Crippen LogP contribution in [0.15, 0.2) is 42.5 Å². The number of methoxy groups -OCH3 is 2. The molecule has 3 aromatic rings. The fourth-order valence-electron chi connectivity index (χ4n) is 3.99. The third-order valence-electron chi connectivity index (χ3n) is 5.90. The van der Waals surface area contributed by atoms with Crippen molar-refractivity contribution in [3.05, 3.63) is 70.5 Å². The van der Waals surface area contributed by atoms with Gasteiger partial charge in [-0.3, -0.25) is 9.59 Å². The topological polar surface area (TPSA) is 72.8 Å². The Morgan fingerprint density at radius 3 is 2.03 bits per heavy atom. The number of anilines is 1. The normalized spacial score (nSPS) is 10.9. The van der Waals surface area contributed by atoms with E-state index in [2.05, 4.69) is 48.0 Å². The molecule has 1 aromatic heterocycles. The molecule has 0 spiro atoms. The number of aromatic nitrogens is 1. The molecule has 1 heterocycles. The van der Waals surface area contributed by atoms with Gasteiger partial charge in [-0.05, 0) is 49.6 Å². The summed E-state index contributed by atoms with van der Waals surface area (Å²) in [6.07, 6.45) is 0.